The summed E-state index contributed by atoms with van der Waals surface area (Å²) >= 11 is 5.37. The van der Waals surface area contributed by atoms with Crippen LogP contribution in [0.25, 0.3) is 0 Å². The van der Waals surface area contributed by atoms with Gasteiger partial charge in [-0.3, -0.25) is 0 Å². The van der Waals surface area contributed by atoms with Crippen LogP contribution >= 0.6 is 11.6 Å². The summed E-state index contributed by atoms with van der Waals surface area (Å²) in [6, 6.07) is 7.28. The van der Waals surface area contributed by atoms with Gasteiger partial charge < -0.3 is 0 Å². The van der Waals surface area contributed by atoms with E-state index in [1.165, 1.54) is 24.3 Å². The largest absolute Gasteiger partial charge is 0.518 e. The quantitative estimate of drug-likeness (QED) is 0.776. The van der Waals surface area contributed by atoms with E-state index in [9.17, 15) is 21.6 Å². The highest BCUT2D eigenvalue weighted by Crippen LogP contribution is 2.25. The van der Waals surface area contributed by atoms with E-state index in [1.54, 1.807) is 6.07 Å². The molecule has 16 heavy (non-hydrogen) atoms. The number of rotatable bonds is 2. The number of benzene rings is 1. The highest BCUT2D eigenvalue weighted by atomic mass is 35.5. The molecule has 0 fully saturated rings. The molecule has 0 saturated heterocycles. The predicted molar refractivity (Wildman–Crippen MR) is 53.8 cm³/mol. The molecule has 1 aromatic carbocycles. The van der Waals surface area contributed by atoms with Crippen LogP contribution in [0.5, 0.6) is 0 Å². The fraction of sp³-hybridized carbons (Fsp3) is 0.125. The van der Waals surface area contributed by atoms with Gasteiger partial charge in [0.05, 0.1) is 0 Å². The zero-order valence-electron chi connectivity index (χ0n) is 7.57. The molecule has 0 bridgehead atoms. The van der Waals surface area contributed by atoms with Crippen molar-refractivity contribution in [2.24, 2.45) is 4.40 Å². The monoisotopic (exact) mass is 271 g/mol. The van der Waals surface area contributed by atoms with Crippen molar-refractivity contribution in [1.82, 2.24) is 0 Å². The molecule has 88 valence electrons. The predicted octanol–water partition coefficient (Wildman–Crippen LogP) is 2.52. The Kier molecular flexibility index (Phi) is 3.59. The Bertz CT molecular complexity index is 496. The summed E-state index contributed by atoms with van der Waals surface area (Å²) in [6.07, 6.45) is 0. The van der Waals surface area contributed by atoms with Crippen LogP contribution in [0, 0.1) is 0 Å². The van der Waals surface area contributed by atoms with Gasteiger partial charge in [0, 0.05) is 5.56 Å². The summed E-state index contributed by atoms with van der Waals surface area (Å²) in [7, 11) is -5.59. The lowest BCUT2D eigenvalue weighted by atomic mass is 10.2. The first kappa shape index (κ1) is 13.0. The van der Waals surface area contributed by atoms with Gasteiger partial charge in [0.1, 0.15) is 5.17 Å². The second-order valence-corrected chi connectivity index (χ2v) is 4.62. The molecule has 0 saturated carbocycles. The highest BCUT2D eigenvalue weighted by molar-refractivity contribution is 7.91. The minimum atomic E-state index is -5.59. The van der Waals surface area contributed by atoms with E-state index >= 15 is 0 Å². The molecule has 0 N–H and O–H groups in total. The first-order valence-corrected chi connectivity index (χ1v) is 5.68. The summed E-state index contributed by atoms with van der Waals surface area (Å²) in [5, 5.41) is -0.724. The first-order chi connectivity index (χ1) is 7.24. The Morgan fingerprint density at radius 2 is 1.69 bits per heavy atom. The van der Waals surface area contributed by atoms with Crippen molar-refractivity contribution in [2.75, 3.05) is 0 Å². The van der Waals surface area contributed by atoms with E-state index in [4.69, 9.17) is 11.6 Å². The standard InChI is InChI=1S/C8H5ClF3NO2S/c9-7(6-4-2-1-3-5-6)13-16(14,15)8(10,11)12/h1-5H. The SMILES string of the molecule is O=S(=O)(N=C(Cl)c1ccccc1)C(F)(F)F. The third-order valence-electron chi connectivity index (χ3n) is 1.50. The normalized spacial score (nSPS) is 13.9. The van der Waals surface area contributed by atoms with Gasteiger partial charge in [0.15, 0.2) is 0 Å². The van der Waals surface area contributed by atoms with Crippen LogP contribution in [0.4, 0.5) is 13.2 Å². The van der Waals surface area contributed by atoms with Crippen molar-refractivity contribution < 1.29 is 21.6 Å². The van der Waals surface area contributed by atoms with Crippen LogP contribution in [0.1, 0.15) is 5.56 Å². The van der Waals surface area contributed by atoms with Crippen molar-refractivity contribution in [3.63, 3.8) is 0 Å². The molecule has 1 rings (SSSR count). The Balaban J connectivity index is 3.13. The minimum absolute atomic E-state index is 0.0944. The van der Waals surface area contributed by atoms with Gasteiger partial charge in [-0.2, -0.15) is 21.6 Å². The minimum Gasteiger partial charge on any atom is -0.195 e. The van der Waals surface area contributed by atoms with E-state index in [-0.39, 0.29) is 5.56 Å². The number of hydrogen-bond acceptors (Lipinski definition) is 2. The van der Waals surface area contributed by atoms with Crippen molar-refractivity contribution in [3.05, 3.63) is 35.9 Å². The Hall–Kier alpha value is -1.08. The second-order valence-electron chi connectivity index (χ2n) is 2.67. The molecule has 0 atom stereocenters. The first-order valence-electron chi connectivity index (χ1n) is 3.86. The van der Waals surface area contributed by atoms with Gasteiger partial charge in [-0.05, 0) is 0 Å². The molecule has 0 radical (unpaired) electrons. The average molecular weight is 272 g/mol. The maximum atomic E-state index is 12.0. The third-order valence-corrected chi connectivity index (χ3v) is 2.92. The van der Waals surface area contributed by atoms with E-state index in [0.29, 0.717) is 0 Å². The van der Waals surface area contributed by atoms with Crippen molar-refractivity contribution in [2.45, 2.75) is 5.51 Å². The molecule has 0 heterocycles. The molecule has 0 unspecified atom stereocenters. The van der Waals surface area contributed by atoms with E-state index in [0.717, 1.165) is 0 Å². The van der Waals surface area contributed by atoms with Crippen molar-refractivity contribution >= 4 is 26.8 Å². The number of hydrogen-bond donors (Lipinski definition) is 0. The maximum absolute atomic E-state index is 12.0. The topological polar surface area (TPSA) is 46.5 Å². The van der Waals surface area contributed by atoms with Gasteiger partial charge in [-0.1, -0.05) is 41.9 Å². The number of halogens is 4. The molecule has 0 amide bonds. The van der Waals surface area contributed by atoms with Crippen LogP contribution in [0.2, 0.25) is 0 Å². The average Bonchev–Trinajstić information content (AvgIpc) is 2.16. The number of sulfonamides is 1. The van der Waals surface area contributed by atoms with Gasteiger partial charge in [-0.15, -0.1) is 4.40 Å². The summed E-state index contributed by atoms with van der Waals surface area (Å²) in [6.45, 7) is 0. The molecular weight excluding hydrogens is 267 g/mol. The van der Waals surface area contributed by atoms with Crippen LogP contribution in [0.3, 0.4) is 0 Å². The molecule has 0 aromatic heterocycles. The lowest BCUT2D eigenvalue weighted by molar-refractivity contribution is -0.0435. The van der Waals surface area contributed by atoms with Crippen LogP contribution in [-0.4, -0.2) is 19.1 Å². The third kappa shape index (κ3) is 2.96. The Morgan fingerprint density at radius 1 is 1.19 bits per heavy atom. The van der Waals surface area contributed by atoms with Crippen molar-refractivity contribution in [1.29, 1.82) is 0 Å². The van der Waals surface area contributed by atoms with Gasteiger partial charge >= 0.3 is 15.5 Å². The molecule has 0 aliphatic heterocycles. The second kappa shape index (κ2) is 4.42. The zero-order valence-corrected chi connectivity index (χ0v) is 9.14. The lowest BCUT2D eigenvalue weighted by Crippen LogP contribution is -2.21. The van der Waals surface area contributed by atoms with Crippen molar-refractivity contribution in [3.8, 4) is 0 Å². The molecule has 0 spiro atoms. The molecule has 0 aliphatic carbocycles. The van der Waals surface area contributed by atoms with E-state index in [1.807, 2.05) is 0 Å². The maximum Gasteiger partial charge on any atom is 0.518 e. The Labute approximate surface area is 94.6 Å². The molecule has 0 aliphatic rings. The molecule has 8 heteroatoms. The van der Waals surface area contributed by atoms with E-state index < -0.39 is 20.7 Å². The highest BCUT2D eigenvalue weighted by Gasteiger charge is 2.46. The van der Waals surface area contributed by atoms with Gasteiger partial charge in [0.25, 0.3) is 0 Å². The smallest absolute Gasteiger partial charge is 0.195 e. The fourth-order valence-electron chi connectivity index (χ4n) is 0.786. The van der Waals surface area contributed by atoms with Crippen LogP contribution in [0.15, 0.2) is 34.7 Å². The van der Waals surface area contributed by atoms with Gasteiger partial charge in [0.2, 0.25) is 0 Å². The molecule has 3 nitrogen and oxygen atoms in total. The van der Waals surface area contributed by atoms with E-state index in [2.05, 4.69) is 4.40 Å². The fourth-order valence-corrected chi connectivity index (χ4v) is 1.60. The van der Waals surface area contributed by atoms with Crippen LogP contribution in [-0.2, 0) is 10.0 Å². The van der Waals surface area contributed by atoms with Gasteiger partial charge in [-0.25, -0.2) is 0 Å². The number of alkyl halides is 3. The summed E-state index contributed by atoms with van der Waals surface area (Å²) in [4.78, 5) is 0. The summed E-state index contributed by atoms with van der Waals surface area (Å²) < 4.78 is 59.6. The zero-order chi connectivity index (χ0) is 12.4. The molecular formula is C8H5ClF3NO2S. The lowest BCUT2D eigenvalue weighted by Gasteiger charge is -2.03. The molecule has 1 aromatic rings. The summed E-state index contributed by atoms with van der Waals surface area (Å²) in [5.41, 5.74) is -5.35. The summed E-state index contributed by atoms with van der Waals surface area (Å²) in [5.74, 6) is 0. The Morgan fingerprint density at radius 3 is 2.12 bits per heavy atom. The van der Waals surface area contributed by atoms with Crippen LogP contribution < -0.4 is 0 Å². The number of nitrogens with zero attached hydrogens (tertiary/aromatic N) is 1.